The van der Waals surface area contributed by atoms with Crippen LogP contribution in [0.25, 0.3) is 0 Å². The van der Waals surface area contributed by atoms with Gasteiger partial charge < -0.3 is 21.9 Å². The number of carbonyl (C=O) groups excluding carboxylic acids is 2. The van der Waals surface area contributed by atoms with Crippen LogP contribution in [0.4, 0.5) is 0 Å². The smallest absolute Gasteiger partial charge is 1.00 e. The number of halogens is 1. The summed E-state index contributed by atoms with van der Waals surface area (Å²) in [6.45, 7) is 4.50. The van der Waals surface area contributed by atoms with Gasteiger partial charge in [0.2, 0.25) is 0 Å². The van der Waals surface area contributed by atoms with Crippen LogP contribution < -0.4 is 42.0 Å². The molecular formula is C20H38ClNaO7S. The second kappa shape index (κ2) is 22.3. The number of unbranched alkanes of at least 4 members (excludes halogenated alkanes) is 10. The maximum Gasteiger partial charge on any atom is 1.00 e. The van der Waals surface area contributed by atoms with E-state index in [-0.39, 0.29) is 55.2 Å². The van der Waals surface area contributed by atoms with Crippen LogP contribution in [-0.4, -0.2) is 43.4 Å². The fourth-order valence-electron chi connectivity index (χ4n) is 2.74. The molecular weight excluding hydrogens is 443 g/mol. The zero-order chi connectivity index (χ0) is 21.3. The van der Waals surface area contributed by atoms with Crippen LogP contribution in [0.1, 0.15) is 97.3 Å². The molecule has 0 saturated carbocycles. The molecule has 0 heterocycles. The minimum Gasteiger partial charge on any atom is -1.00 e. The van der Waals surface area contributed by atoms with Crippen molar-refractivity contribution in [3.05, 3.63) is 0 Å². The van der Waals surface area contributed by atoms with Crippen molar-refractivity contribution in [1.82, 2.24) is 0 Å². The average molecular weight is 481 g/mol. The predicted octanol–water partition coefficient (Wildman–Crippen LogP) is -1.55. The van der Waals surface area contributed by atoms with Crippen molar-refractivity contribution in [1.29, 1.82) is 0 Å². The third-order valence-corrected chi connectivity index (χ3v) is 5.56. The normalized spacial score (nSPS) is 11.7. The van der Waals surface area contributed by atoms with Gasteiger partial charge in [0.05, 0.1) is 19.6 Å². The minimum absolute atomic E-state index is 0. The Morgan fingerprint density at radius 2 is 1.17 bits per heavy atom. The first-order valence-corrected chi connectivity index (χ1v) is 12.1. The molecule has 0 spiro atoms. The molecule has 1 atom stereocenters. The van der Waals surface area contributed by atoms with Crippen LogP contribution in [-0.2, 0) is 29.2 Å². The quantitative estimate of drug-likeness (QED) is 0.109. The van der Waals surface area contributed by atoms with Crippen molar-refractivity contribution in [2.45, 2.75) is 103 Å². The van der Waals surface area contributed by atoms with Gasteiger partial charge in [-0.15, -0.1) is 0 Å². The molecule has 1 unspecified atom stereocenters. The number of hydrogen-bond donors (Lipinski definition) is 1. The first kappa shape index (κ1) is 34.7. The second-order valence-corrected chi connectivity index (χ2v) is 8.73. The molecule has 0 aliphatic heterocycles. The number of rotatable bonds is 18. The fourth-order valence-corrected chi connectivity index (χ4v) is 3.39. The van der Waals surface area contributed by atoms with Crippen LogP contribution in [0, 0.1) is 0 Å². The molecule has 0 aliphatic carbocycles. The molecule has 0 aromatic carbocycles. The van der Waals surface area contributed by atoms with E-state index in [0.717, 1.165) is 57.8 Å². The maximum absolute atomic E-state index is 12.0. The molecule has 0 bridgehead atoms. The first-order chi connectivity index (χ1) is 13.3. The molecule has 30 heavy (non-hydrogen) atoms. The molecule has 0 saturated heterocycles. The van der Waals surface area contributed by atoms with Crippen LogP contribution in [0.15, 0.2) is 0 Å². The Morgan fingerprint density at radius 3 is 1.60 bits per heavy atom. The molecule has 10 heteroatoms. The summed E-state index contributed by atoms with van der Waals surface area (Å²) in [7, 11) is -4.73. The molecule has 0 radical (unpaired) electrons. The largest absolute Gasteiger partial charge is 1.00 e. The minimum atomic E-state index is -4.73. The van der Waals surface area contributed by atoms with Gasteiger partial charge in [-0.2, -0.15) is 8.42 Å². The zero-order valence-corrected chi connectivity index (χ0v) is 22.4. The average Bonchev–Trinajstić information content (AvgIpc) is 2.63. The summed E-state index contributed by atoms with van der Waals surface area (Å²) in [6.07, 6.45) is 11.3. The summed E-state index contributed by atoms with van der Waals surface area (Å²) in [5.41, 5.74) is 0. The van der Waals surface area contributed by atoms with E-state index in [1.54, 1.807) is 0 Å². The van der Waals surface area contributed by atoms with Gasteiger partial charge in [-0.1, -0.05) is 78.1 Å². The van der Waals surface area contributed by atoms with Gasteiger partial charge in [0.25, 0.3) is 10.1 Å². The van der Waals surface area contributed by atoms with E-state index in [9.17, 15) is 22.6 Å². The summed E-state index contributed by atoms with van der Waals surface area (Å²) in [5.74, 6) is -1.93. The van der Waals surface area contributed by atoms with Gasteiger partial charge in [0, 0.05) is 0 Å². The molecule has 0 aromatic rings. The van der Waals surface area contributed by atoms with Gasteiger partial charge >= 0.3 is 41.5 Å². The molecule has 0 amide bonds. The first-order valence-electron chi connectivity index (χ1n) is 10.6. The van der Waals surface area contributed by atoms with Crippen LogP contribution >= 0.6 is 0 Å². The molecule has 174 valence electrons. The SMILES string of the molecule is CCCCCCCCOC(=O)CC(C(=O)OCCCCCCCC)S(=O)(=O)O.[Cl-].[Na+]. The van der Waals surface area contributed by atoms with Crippen LogP contribution in [0.3, 0.4) is 0 Å². The van der Waals surface area contributed by atoms with E-state index in [0.29, 0.717) is 12.8 Å². The molecule has 1 N–H and O–H groups in total. The van der Waals surface area contributed by atoms with E-state index in [1.807, 2.05) is 0 Å². The van der Waals surface area contributed by atoms with Crippen LogP contribution in [0.2, 0.25) is 0 Å². The van der Waals surface area contributed by atoms with Crippen molar-refractivity contribution in [3.63, 3.8) is 0 Å². The van der Waals surface area contributed by atoms with Crippen molar-refractivity contribution in [3.8, 4) is 0 Å². The van der Waals surface area contributed by atoms with Crippen molar-refractivity contribution >= 4 is 22.1 Å². The Hall–Kier alpha value is 0.140. The van der Waals surface area contributed by atoms with E-state index in [4.69, 9.17) is 9.47 Å². The van der Waals surface area contributed by atoms with Crippen molar-refractivity contribution in [2.24, 2.45) is 0 Å². The predicted molar refractivity (Wildman–Crippen MR) is 109 cm³/mol. The Morgan fingerprint density at radius 1 is 0.767 bits per heavy atom. The summed E-state index contributed by atoms with van der Waals surface area (Å²) in [5, 5.41) is -1.93. The summed E-state index contributed by atoms with van der Waals surface area (Å²) < 4.78 is 42.0. The molecule has 7 nitrogen and oxygen atoms in total. The zero-order valence-electron chi connectivity index (χ0n) is 18.9. The van der Waals surface area contributed by atoms with Gasteiger partial charge in [-0.05, 0) is 12.8 Å². The monoisotopic (exact) mass is 480 g/mol. The third-order valence-electron chi connectivity index (χ3n) is 4.48. The Balaban J connectivity index is -0.00000364. The third kappa shape index (κ3) is 20.1. The van der Waals surface area contributed by atoms with Gasteiger partial charge in [0.15, 0.2) is 5.25 Å². The van der Waals surface area contributed by atoms with E-state index < -0.39 is 33.7 Å². The van der Waals surface area contributed by atoms with Gasteiger partial charge in [-0.3, -0.25) is 14.1 Å². The van der Waals surface area contributed by atoms with E-state index in [2.05, 4.69) is 13.8 Å². The standard InChI is InChI=1S/C20H38O7S.ClH.Na/c1-3-5-7-9-11-13-15-26-19(21)17-18(28(23,24)25)20(22)27-16-14-12-10-8-6-4-2;;/h18H,3-17H2,1-2H3,(H,23,24,25);1H;/q;;+1/p-1. The number of hydrogen-bond acceptors (Lipinski definition) is 6. The van der Waals surface area contributed by atoms with E-state index >= 15 is 0 Å². The molecule has 0 rings (SSSR count). The van der Waals surface area contributed by atoms with Crippen molar-refractivity contribution in [2.75, 3.05) is 13.2 Å². The maximum atomic E-state index is 12.0. The number of carbonyl (C=O) groups is 2. The van der Waals surface area contributed by atoms with E-state index in [1.165, 1.54) is 6.42 Å². The summed E-state index contributed by atoms with van der Waals surface area (Å²) in [4.78, 5) is 23.8. The van der Waals surface area contributed by atoms with Crippen LogP contribution in [0.5, 0.6) is 0 Å². The second-order valence-electron chi connectivity index (χ2n) is 7.13. The Labute approximate surface area is 210 Å². The van der Waals surface area contributed by atoms with Crippen molar-refractivity contribution < 1.29 is 74.0 Å². The Kier molecular flexibility index (Phi) is 25.9. The Bertz CT molecular complexity index is 529. The molecule has 0 aliphatic rings. The number of esters is 2. The fraction of sp³-hybridized carbons (Fsp3) is 0.900. The summed E-state index contributed by atoms with van der Waals surface area (Å²) >= 11 is 0. The van der Waals surface area contributed by atoms with Gasteiger partial charge in [0.1, 0.15) is 0 Å². The molecule has 0 aromatic heterocycles. The number of ether oxygens (including phenoxy) is 2. The topological polar surface area (TPSA) is 107 Å². The summed E-state index contributed by atoms with van der Waals surface area (Å²) in [6, 6.07) is 0. The van der Waals surface area contributed by atoms with Gasteiger partial charge in [-0.25, -0.2) is 0 Å². The molecule has 0 fully saturated rings.